The predicted octanol–water partition coefficient (Wildman–Crippen LogP) is 4.24. The van der Waals surface area contributed by atoms with E-state index in [2.05, 4.69) is 29.3 Å². The fraction of sp³-hybridized carbons (Fsp3) is 0.125. The van der Waals surface area contributed by atoms with Gasteiger partial charge in [0, 0.05) is 11.3 Å². The summed E-state index contributed by atoms with van der Waals surface area (Å²) in [4.78, 5) is 4.87. The van der Waals surface area contributed by atoms with E-state index in [1.807, 2.05) is 60.7 Å². The highest BCUT2D eigenvalue weighted by Crippen LogP contribution is 2.28. The Hall–Kier alpha value is -3.31. The second kappa shape index (κ2) is 7.61. The average Bonchev–Trinajstić information content (AvgIpc) is 3.12. The highest BCUT2D eigenvalue weighted by atomic mass is 16.5. The smallest absolute Gasteiger partial charge is 0.408 e. The molecule has 0 saturated carbocycles. The third kappa shape index (κ3) is 3.96. The first-order chi connectivity index (χ1) is 13.9. The Kier molecular flexibility index (Phi) is 4.99. The molecule has 29 heavy (non-hydrogen) atoms. The van der Waals surface area contributed by atoms with Gasteiger partial charge in [-0.15, -0.1) is 0 Å². The number of para-hydroxylation sites is 3. The van der Waals surface area contributed by atoms with E-state index in [-0.39, 0.29) is 0 Å². The number of aromatic nitrogens is 2. The zero-order chi connectivity index (χ0) is 20.4. The van der Waals surface area contributed by atoms with Gasteiger partial charge in [0.2, 0.25) is 0 Å². The number of nitrogens with zero attached hydrogens (tertiary/aromatic N) is 2. The standard InChI is InChI=1S/C24H22BN2O2/c1-17(24(2,3)28)29-25-19-15-13-18(14-16-19)23-26-21-11-7-8-12-22(21)27(23)20-9-5-4-6-10-20/h4-16,28H,1H2,2-3H3. The SMILES string of the molecule is C=C(O[B]c1ccc(-c2nc3ccccc3n2-c2ccccc2)cc1)C(C)(C)O. The van der Waals surface area contributed by atoms with Crippen molar-refractivity contribution in [2.45, 2.75) is 19.4 Å². The summed E-state index contributed by atoms with van der Waals surface area (Å²) in [5, 5.41) is 9.91. The third-order valence-electron chi connectivity index (χ3n) is 4.76. The lowest BCUT2D eigenvalue weighted by molar-refractivity contribution is 0.0802. The van der Waals surface area contributed by atoms with Crippen LogP contribution in [0.4, 0.5) is 0 Å². The van der Waals surface area contributed by atoms with Crippen molar-refractivity contribution in [3.63, 3.8) is 0 Å². The normalized spacial score (nSPS) is 11.4. The van der Waals surface area contributed by atoms with Gasteiger partial charge in [0.05, 0.1) is 16.8 Å². The molecule has 1 aromatic heterocycles. The van der Waals surface area contributed by atoms with Crippen LogP contribution in [-0.4, -0.2) is 27.7 Å². The van der Waals surface area contributed by atoms with E-state index in [4.69, 9.17) is 9.64 Å². The summed E-state index contributed by atoms with van der Waals surface area (Å²) in [6.45, 7) is 7.04. The molecule has 143 valence electrons. The molecule has 1 N–H and O–H groups in total. The minimum absolute atomic E-state index is 0.299. The molecule has 3 aromatic carbocycles. The van der Waals surface area contributed by atoms with Crippen molar-refractivity contribution in [3.8, 4) is 17.1 Å². The van der Waals surface area contributed by atoms with Gasteiger partial charge in [-0.05, 0) is 43.6 Å². The Morgan fingerprint density at radius 2 is 1.62 bits per heavy atom. The second-order valence-corrected chi connectivity index (χ2v) is 7.43. The molecule has 0 spiro atoms. The highest BCUT2D eigenvalue weighted by Gasteiger charge is 2.19. The van der Waals surface area contributed by atoms with Crippen LogP contribution < -0.4 is 5.46 Å². The van der Waals surface area contributed by atoms with Crippen molar-refractivity contribution < 1.29 is 9.76 Å². The Bertz CT molecular complexity index is 1140. The maximum Gasteiger partial charge on any atom is 0.408 e. The summed E-state index contributed by atoms with van der Waals surface area (Å²) in [5.41, 5.74) is 3.87. The van der Waals surface area contributed by atoms with Gasteiger partial charge in [0.15, 0.2) is 0 Å². The number of fused-ring (bicyclic) bond motifs is 1. The molecule has 0 bridgehead atoms. The highest BCUT2D eigenvalue weighted by molar-refractivity contribution is 6.47. The number of hydrogen-bond acceptors (Lipinski definition) is 3. The topological polar surface area (TPSA) is 47.3 Å². The number of aliphatic hydroxyl groups is 1. The van der Waals surface area contributed by atoms with Crippen LogP contribution in [0.15, 0.2) is 91.2 Å². The molecule has 4 aromatic rings. The van der Waals surface area contributed by atoms with E-state index < -0.39 is 5.60 Å². The van der Waals surface area contributed by atoms with Crippen LogP contribution in [0.25, 0.3) is 28.1 Å². The summed E-state index contributed by atoms with van der Waals surface area (Å²) >= 11 is 0. The predicted molar refractivity (Wildman–Crippen MR) is 118 cm³/mol. The molecule has 0 amide bonds. The Balaban J connectivity index is 1.68. The van der Waals surface area contributed by atoms with Crippen molar-refractivity contribution in [2.75, 3.05) is 0 Å². The summed E-state index contributed by atoms with van der Waals surface area (Å²) in [6.07, 6.45) is 0. The third-order valence-corrected chi connectivity index (χ3v) is 4.76. The van der Waals surface area contributed by atoms with E-state index in [1.165, 1.54) is 0 Å². The van der Waals surface area contributed by atoms with Crippen LogP contribution in [0.3, 0.4) is 0 Å². The molecule has 0 unspecified atom stereocenters. The lowest BCUT2D eigenvalue weighted by atomic mass is 9.87. The van der Waals surface area contributed by atoms with Gasteiger partial charge in [-0.3, -0.25) is 4.57 Å². The molecule has 0 fully saturated rings. The lowest BCUT2D eigenvalue weighted by Gasteiger charge is -2.21. The molecule has 1 radical (unpaired) electrons. The van der Waals surface area contributed by atoms with Crippen LogP contribution in [0, 0.1) is 0 Å². The zero-order valence-corrected chi connectivity index (χ0v) is 16.5. The number of benzene rings is 3. The van der Waals surface area contributed by atoms with Crippen LogP contribution in [0.1, 0.15) is 13.8 Å². The molecular weight excluding hydrogens is 359 g/mol. The lowest BCUT2D eigenvalue weighted by Crippen LogP contribution is -2.27. The van der Waals surface area contributed by atoms with Gasteiger partial charge in [0.25, 0.3) is 0 Å². The van der Waals surface area contributed by atoms with Crippen LogP contribution in [-0.2, 0) is 4.65 Å². The van der Waals surface area contributed by atoms with E-state index in [0.29, 0.717) is 5.76 Å². The average molecular weight is 381 g/mol. The van der Waals surface area contributed by atoms with Gasteiger partial charge in [-0.25, -0.2) is 4.98 Å². The van der Waals surface area contributed by atoms with Gasteiger partial charge < -0.3 is 9.76 Å². The molecule has 0 aliphatic heterocycles. The molecule has 0 aliphatic rings. The summed E-state index contributed by atoms with van der Waals surface area (Å²) < 4.78 is 7.66. The monoisotopic (exact) mass is 381 g/mol. The number of rotatable bonds is 6. The second-order valence-electron chi connectivity index (χ2n) is 7.43. The zero-order valence-electron chi connectivity index (χ0n) is 16.5. The Morgan fingerprint density at radius 1 is 0.966 bits per heavy atom. The molecular formula is C24H22BN2O2. The van der Waals surface area contributed by atoms with Crippen molar-refractivity contribution in [3.05, 3.63) is 91.2 Å². The van der Waals surface area contributed by atoms with Gasteiger partial charge in [-0.1, -0.05) is 61.2 Å². The molecule has 1 heterocycles. The fourth-order valence-electron chi connectivity index (χ4n) is 3.05. The first-order valence-electron chi connectivity index (χ1n) is 9.48. The fourth-order valence-corrected chi connectivity index (χ4v) is 3.05. The molecule has 4 rings (SSSR count). The molecule has 0 saturated heterocycles. The van der Waals surface area contributed by atoms with E-state index >= 15 is 0 Å². The summed E-state index contributed by atoms with van der Waals surface area (Å²) in [5.74, 6) is 1.18. The van der Waals surface area contributed by atoms with Gasteiger partial charge in [-0.2, -0.15) is 0 Å². The van der Waals surface area contributed by atoms with Crippen molar-refractivity contribution in [2.24, 2.45) is 0 Å². The minimum atomic E-state index is -1.09. The molecule has 0 aliphatic carbocycles. The number of imidazole rings is 1. The van der Waals surface area contributed by atoms with Crippen LogP contribution >= 0.6 is 0 Å². The summed E-state index contributed by atoms with van der Waals surface area (Å²) in [7, 11) is 1.59. The van der Waals surface area contributed by atoms with Gasteiger partial charge in [0.1, 0.15) is 11.4 Å². The first kappa shape index (κ1) is 19.0. The largest absolute Gasteiger partial charge is 0.559 e. The maximum atomic E-state index is 9.91. The van der Waals surface area contributed by atoms with E-state index in [0.717, 1.165) is 33.6 Å². The summed E-state index contributed by atoms with van der Waals surface area (Å²) in [6, 6.07) is 26.3. The van der Waals surface area contributed by atoms with Crippen molar-refractivity contribution in [1.82, 2.24) is 9.55 Å². The van der Waals surface area contributed by atoms with E-state index in [9.17, 15) is 5.11 Å². The molecule has 4 nitrogen and oxygen atoms in total. The van der Waals surface area contributed by atoms with Crippen molar-refractivity contribution in [1.29, 1.82) is 0 Å². The van der Waals surface area contributed by atoms with Crippen LogP contribution in [0.5, 0.6) is 0 Å². The Labute approximate surface area is 171 Å². The Morgan fingerprint density at radius 3 is 2.31 bits per heavy atom. The first-order valence-corrected chi connectivity index (χ1v) is 9.48. The number of hydrogen-bond donors (Lipinski definition) is 1. The van der Waals surface area contributed by atoms with E-state index in [1.54, 1.807) is 21.3 Å². The minimum Gasteiger partial charge on any atom is -0.559 e. The quantitative estimate of drug-likeness (QED) is 0.402. The van der Waals surface area contributed by atoms with Gasteiger partial charge >= 0.3 is 7.48 Å². The van der Waals surface area contributed by atoms with Crippen molar-refractivity contribution >= 4 is 24.0 Å². The van der Waals surface area contributed by atoms with Crippen LogP contribution in [0.2, 0.25) is 0 Å². The molecule has 0 atom stereocenters. The maximum absolute atomic E-state index is 9.91. The molecule has 5 heteroatoms.